The lowest BCUT2D eigenvalue weighted by Gasteiger charge is -2.02. The zero-order valence-electron chi connectivity index (χ0n) is 12.2. The molecule has 1 aromatic carbocycles. The average molecular weight is 334 g/mol. The zero-order chi connectivity index (χ0) is 16.4. The molecule has 0 aliphatic rings. The van der Waals surface area contributed by atoms with Crippen LogP contribution in [-0.4, -0.2) is 30.0 Å². The molecule has 4 rings (SSSR count). The van der Waals surface area contributed by atoms with Crippen molar-refractivity contribution in [2.24, 2.45) is 0 Å². The molecule has 0 saturated carbocycles. The molecule has 0 bridgehead atoms. The van der Waals surface area contributed by atoms with Crippen molar-refractivity contribution in [3.8, 4) is 17.3 Å². The lowest BCUT2D eigenvalue weighted by atomic mass is 10.1. The first kappa shape index (κ1) is 14.1. The van der Waals surface area contributed by atoms with Crippen molar-refractivity contribution in [3.63, 3.8) is 0 Å². The summed E-state index contributed by atoms with van der Waals surface area (Å²) < 4.78 is 2.00. The first-order valence-corrected chi connectivity index (χ1v) is 7.85. The summed E-state index contributed by atoms with van der Waals surface area (Å²) in [5.74, 6) is 0.250. The normalized spacial score (nSPS) is 11.5. The van der Waals surface area contributed by atoms with Gasteiger partial charge >= 0.3 is 0 Å². The number of fused-ring (bicyclic) bond motifs is 1. The van der Waals surface area contributed by atoms with E-state index in [2.05, 4.69) is 30.9 Å². The Kier molecular flexibility index (Phi) is 3.49. The standard InChI is InChI=1S/C15H10N8S/c16-7-11(14-19-21-22-20-14)8-17-12-3-1-10(2-4-12)13-9-23-5-6-24-15(23)18-13/h1-6,8-9,17H,(H,19,20,21,22). The van der Waals surface area contributed by atoms with Crippen LogP contribution in [0.5, 0.6) is 0 Å². The third-order valence-electron chi connectivity index (χ3n) is 3.36. The Labute approximate surface area is 140 Å². The topological polar surface area (TPSA) is 108 Å². The summed E-state index contributed by atoms with van der Waals surface area (Å²) in [5.41, 5.74) is 3.09. The van der Waals surface area contributed by atoms with Crippen molar-refractivity contribution < 1.29 is 0 Å². The largest absolute Gasteiger partial charge is 0.360 e. The number of aromatic nitrogens is 6. The Hall–Kier alpha value is -3.51. The van der Waals surface area contributed by atoms with E-state index in [1.807, 2.05) is 52.5 Å². The van der Waals surface area contributed by atoms with Crippen LogP contribution in [0.4, 0.5) is 5.69 Å². The van der Waals surface area contributed by atoms with E-state index in [1.165, 1.54) is 0 Å². The molecule has 3 heterocycles. The molecule has 0 aliphatic carbocycles. The van der Waals surface area contributed by atoms with Gasteiger partial charge in [-0.3, -0.25) is 4.40 Å². The van der Waals surface area contributed by atoms with Gasteiger partial charge in [0.25, 0.3) is 0 Å². The van der Waals surface area contributed by atoms with Gasteiger partial charge in [-0.25, -0.2) is 4.98 Å². The molecule has 4 aromatic rings. The maximum absolute atomic E-state index is 9.13. The Bertz CT molecular complexity index is 1000. The molecule has 2 N–H and O–H groups in total. The maximum atomic E-state index is 9.13. The van der Waals surface area contributed by atoms with Crippen molar-refractivity contribution in [1.82, 2.24) is 30.0 Å². The Balaban J connectivity index is 1.53. The van der Waals surface area contributed by atoms with Crippen molar-refractivity contribution in [2.75, 3.05) is 5.32 Å². The minimum atomic E-state index is 0.250. The van der Waals surface area contributed by atoms with E-state index in [4.69, 9.17) is 5.26 Å². The molecule has 0 saturated heterocycles. The summed E-state index contributed by atoms with van der Waals surface area (Å²) in [6.07, 6.45) is 5.53. The van der Waals surface area contributed by atoms with E-state index < -0.39 is 0 Å². The highest BCUT2D eigenvalue weighted by molar-refractivity contribution is 7.15. The van der Waals surface area contributed by atoms with Crippen LogP contribution in [0, 0.1) is 11.3 Å². The molecular formula is C15H10N8S. The Morgan fingerprint density at radius 3 is 2.92 bits per heavy atom. The molecule has 3 aromatic heterocycles. The van der Waals surface area contributed by atoms with Crippen LogP contribution in [-0.2, 0) is 0 Å². The predicted molar refractivity (Wildman–Crippen MR) is 89.9 cm³/mol. The van der Waals surface area contributed by atoms with E-state index in [0.29, 0.717) is 5.57 Å². The maximum Gasteiger partial charge on any atom is 0.216 e. The molecule has 8 nitrogen and oxygen atoms in total. The number of H-pyrrole nitrogens is 1. The van der Waals surface area contributed by atoms with Crippen molar-refractivity contribution in [3.05, 3.63) is 54.1 Å². The fraction of sp³-hybridized carbons (Fsp3) is 0. The number of imidazole rings is 1. The van der Waals surface area contributed by atoms with E-state index in [-0.39, 0.29) is 5.82 Å². The van der Waals surface area contributed by atoms with Crippen LogP contribution in [0.3, 0.4) is 0 Å². The number of nitriles is 1. The quantitative estimate of drug-likeness (QED) is 0.555. The van der Waals surface area contributed by atoms with Gasteiger partial charge in [0.1, 0.15) is 11.6 Å². The van der Waals surface area contributed by atoms with Gasteiger partial charge in [0.05, 0.1) is 5.69 Å². The minimum absolute atomic E-state index is 0.250. The highest BCUT2D eigenvalue weighted by Gasteiger charge is 2.06. The zero-order valence-corrected chi connectivity index (χ0v) is 13.0. The molecule has 116 valence electrons. The van der Waals surface area contributed by atoms with Crippen molar-refractivity contribution >= 4 is 27.6 Å². The van der Waals surface area contributed by atoms with Gasteiger partial charge in [0.15, 0.2) is 4.96 Å². The highest BCUT2D eigenvalue weighted by atomic mass is 32.1. The smallest absolute Gasteiger partial charge is 0.216 e. The average Bonchev–Trinajstić information content (AvgIpc) is 3.33. The second kappa shape index (κ2) is 5.94. The number of hydrogen-bond acceptors (Lipinski definition) is 7. The van der Waals surface area contributed by atoms with Crippen LogP contribution >= 0.6 is 11.3 Å². The predicted octanol–water partition coefficient (Wildman–Crippen LogP) is 2.55. The summed E-state index contributed by atoms with van der Waals surface area (Å²) >= 11 is 1.60. The van der Waals surface area contributed by atoms with Gasteiger partial charge in [-0.15, -0.1) is 21.5 Å². The van der Waals surface area contributed by atoms with Gasteiger partial charge in [0.2, 0.25) is 5.82 Å². The van der Waals surface area contributed by atoms with Gasteiger partial charge < -0.3 is 5.32 Å². The van der Waals surface area contributed by atoms with E-state index in [1.54, 1.807) is 17.5 Å². The molecule has 0 spiro atoms. The van der Waals surface area contributed by atoms with Gasteiger partial charge in [0, 0.05) is 35.2 Å². The molecule has 0 unspecified atom stereocenters. The summed E-state index contributed by atoms with van der Waals surface area (Å²) in [5, 5.41) is 27.5. The van der Waals surface area contributed by atoms with Crippen LogP contribution in [0.2, 0.25) is 0 Å². The Morgan fingerprint density at radius 1 is 1.33 bits per heavy atom. The van der Waals surface area contributed by atoms with E-state index >= 15 is 0 Å². The Morgan fingerprint density at radius 2 is 2.21 bits per heavy atom. The number of aromatic amines is 1. The summed E-state index contributed by atoms with van der Waals surface area (Å²) in [4.78, 5) is 5.54. The molecule has 0 amide bonds. The number of rotatable bonds is 4. The second-order valence-corrected chi connectivity index (χ2v) is 5.72. The van der Waals surface area contributed by atoms with Crippen LogP contribution in [0.25, 0.3) is 21.8 Å². The molecule has 0 radical (unpaired) electrons. The number of hydrogen-bond donors (Lipinski definition) is 2. The lowest BCUT2D eigenvalue weighted by molar-refractivity contribution is 0.881. The lowest BCUT2D eigenvalue weighted by Crippen LogP contribution is -1.93. The molecule has 9 heteroatoms. The van der Waals surface area contributed by atoms with Crippen LogP contribution < -0.4 is 5.32 Å². The van der Waals surface area contributed by atoms with Crippen molar-refractivity contribution in [1.29, 1.82) is 5.26 Å². The number of benzene rings is 1. The molecule has 0 aliphatic heterocycles. The number of nitrogens with zero attached hydrogens (tertiary/aromatic N) is 6. The summed E-state index contributed by atoms with van der Waals surface area (Å²) in [6, 6.07) is 9.82. The first-order valence-electron chi connectivity index (χ1n) is 6.97. The monoisotopic (exact) mass is 334 g/mol. The molecular weight excluding hydrogens is 324 g/mol. The molecule has 0 atom stereocenters. The number of nitrogens with one attached hydrogen (secondary N) is 2. The van der Waals surface area contributed by atoms with Crippen molar-refractivity contribution in [2.45, 2.75) is 0 Å². The van der Waals surface area contributed by atoms with Gasteiger partial charge in [-0.1, -0.05) is 12.1 Å². The fourth-order valence-corrected chi connectivity index (χ4v) is 2.88. The number of allylic oxidation sites excluding steroid dienone is 1. The SMILES string of the molecule is N#CC(=CNc1ccc(-c2cn3ccsc3n2)cc1)c1nn[nH]n1. The summed E-state index contributed by atoms with van der Waals surface area (Å²) in [7, 11) is 0. The summed E-state index contributed by atoms with van der Waals surface area (Å²) in [6.45, 7) is 0. The van der Waals surface area contributed by atoms with Gasteiger partial charge in [-0.05, 0) is 17.3 Å². The molecule has 24 heavy (non-hydrogen) atoms. The van der Waals surface area contributed by atoms with E-state index in [9.17, 15) is 0 Å². The minimum Gasteiger partial charge on any atom is -0.360 e. The fourth-order valence-electron chi connectivity index (χ4n) is 2.18. The van der Waals surface area contributed by atoms with Gasteiger partial charge in [-0.2, -0.15) is 10.5 Å². The third kappa shape index (κ3) is 2.62. The van der Waals surface area contributed by atoms with Crippen LogP contribution in [0.1, 0.15) is 5.82 Å². The number of thiazole rings is 1. The van der Waals surface area contributed by atoms with E-state index in [0.717, 1.165) is 21.9 Å². The highest BCUT2D eigenvalue weighted by Crippen LogP contribution is 2.23. The third-order valence-corrected chi connectivity index (χ3v) is 4.13. The second-order valence-electron chi connectivity index (χ2n) is 4.85. The number of anilines is 1. The number of tetrazole rings is 1. The molecule has 0 fully saturated rings. The first-order chi connectivity index (χ1) is 11.8. The van der Waals surface area contributed by atoms with Crippen LogP contribution in [0.15, 0.2) is 48.2 Å².